The molecule has 1 unspecified atom stereocenters. The van der Waals surface area contributed by atoms with Gasteiger partial charge in [-0.2, -0.15) is 0 Å². The molecule has 5 aromatic rings. The van der Waals surface area contributed by atoms with Crippen molar-refractivity contribution < 1.29 is 14.2 Å². The van der Waals surface area contributed by atoms with Gasteiger partial charge in [0.15, 0.2) is 0 Å². The van der Waals surface area contributed by atoms with Gasteiger partial charge in [-0.25, -0.2) is 9.37 Å². The first kappa shape index (κ1) is 45.2. The molecule has 0 radical (unpaired) electrons. The maximum Gasteiger partial charge on any atom is 0.136 e. The lowest BCUT2D eigenvalue weighted by molar-refractivity contribution is 0.0881. The standard InChI is InChI=1S/C49H62Cl2FN7O2/c1-35-27-53-42(33-60)28-55-49(26-37-11-15-40(50)16-12-37)20-8-21-58(34-49)30-38(23-36-9-6-5-7-10-36)19-22-59(35)31-44-45(52)24-41(51)25-47(44)61-43-17-13-39(14-18-43)46-29-54-48(57(46)4)32-56(2)3/h5-7,9-18,24-25,29,35,38,42,53,55,60H,8,19-23,26-28,30-34H2,1-4H3/t35-,38-,42-,49+/m0/s1. The maximum absolute atomic E-state index is 16.2. The first-order chi connectivity index (χ1) is 29.5. The van der Waals surface area contributed by atoms with Crippen LogP contribution in [0.5, 0.6) is 11.5 Å². The van der Waals surface area contributed by atoms with Crippen molar-refractivity contribution >= 4 is 23.2 Å². The lowest BCUT2D eigenvalue weighted by Crippen LogP contribution is -2.61. The summed E-state index contributed by atoms with van der Waals surface area (Å²) < 4.78 is 24.8. The predicted molar refractivity (Wildman–Crippen MR) is 246 cm³/mol. The number of halogens is 3. The molecule has 0 amide bonds. The van der Waals surface area contributed by atoms with E-state index < -0.39 is 5.82 Å². The summed E-state index contributed by atoms with van der Waals surface area (Å²) in [7, 11) is 6.08. The molecule has 0 aliphatic carbocycles. The largest absolute Gasteiger partial charge is 0.457 e. The second kappa shape index (κ2) is 21.0. The molecule has 12 heteroatoms. The molecule has 2 aliphatic rings. The number of piperidine rings is 1. The highest BCUT2D eigenvalue weighted by atomic mass is 35.5. The van der Waals surface area contributed by atoms with Crippen molar-refractivity contribution in [2.24, 2.45) is 13.0 Å². The van der Waals surface area contributed by atoms with E-state index in [1.54, 1.807) is 6.07 Å². The van der Waals surface area contributed by atoms with E-state index in [2.05, 4.69) is 84.3 Å². The molecule has 2 aliphatic heterocycles. The predicted octanol–water partition coefficient (Wildman–Crippen LogP) is 8.46. The number of hydrogen-bond donors (Lipinski definition) is 3. The number of ether oxygens (including phenoxy) is 1. The molecule has 61 heavy (non-hydrogen) atoms. The Labute approximate surface area is 371 Å². The minimum atomic E-state index is -0.398. The fourth-order valence-electron chi connectivity index (χ4n) is 9.10. The molecule has 2 saturated heterocycles. The van der Waals surface area contributed by atoms with Crippen LogP contribution in [0.2, 0.25) is 10.0 Å². The number of nitrogens with one attached hydrogen (secondary N) is 2. The zero-order valence-electron chi connectivity index (χ0n) is 36.1. The van der Waals surface area contributed by atoms with E-state index in [0.717, 1.165) is 86.9 Å². The second-order valence-corrected chi connectivity index (χ2v) is 18.5. The quantitative estimate of drug-likeness (QED) is 0.115. The summed E-state index contributed by atoms with van der Waals surface area (Å²) in [5, 5.41) is 19.3. The van der Waals surface area contributed by atoms with Gasteiger partial charge in [0.25, 0.3) is 0 Å². The zero-order valence-corrected chi connectivity index (χ0v) is 37.6. The number of hydrogen-bond acceptors (Lipinski definition) is 8. The van der Waals surface area contributed by atoms with Gasteiger partial charge in [0.2, 0.25) is 0 Å². The second-order valence-electron chi connectivity index (χ2n) is 17.6. The van der Waals surface area contributed by atoms with Crippen LogP contribution >= 0.6 is 23.2 Å². The number of fused-ring (bicyclic) bond motifs is 2. The zero-order chi connectivity index (χ0) is 42.9. The van der Waals surface area contributed by atoms with E-state index in [9.17, 15) is 5.11 Å². The van der Waals surface area contributed by atoms with Crippen LogP contribution in [-0.2, 0) is 33.0 Å². The van der Waals surface area contributed by atoms with Crippen molar-refractivity contribution in [1.82, 2.24) is 34.9 Å². The number of benzene rings is 4. The Kier molecular flexibility index (Phi) is 15.6. The smallest absolute Gasteiger partial charge is 0.136 e. The first-order valence-electron chi connectivity index (χ1n) is 21.7. The summed E-state index contributed by atoms with van der Waals surface area (Å²) in [6, 6.07) is 29.8. The molecule has 0 spiro atoms. The fourth-order valence-corrected chi connectivity index (χ4v) is 9.42. The molecule has 5 atom stereocenters. The summed E-state index contributed by atoms with van der Waals surface area (Å²) in [6.07, 6.45) is 6.80. The molecule has 9 nitrogen and oxygen atoms in total. The number of aliphatic hydroxyl groups is 1. The van der Waals surface area contributed by atoms with Gasteiger partial charge in [-0.15, -0.1) is 0 Å². The van der Waals surface area contributed by atoms with Crippen molar-refractivity contribution in [2.45, 2.75) is 69.7 Å². The van der Waals surface area contributed by atoms with Crippen LogP contribution in [0.15, 0.2) is 97.2 Å². The number of nitrogens with zero attached hydrogens (tertiary/aromatic N) is 5. The average molecular weight is 871 g/mol. The van der Waals surface area contributed by atoms with Crippen molar-refractivity contribution in [3.63, 3.8) is 0 Å². The molecule has 2 bridgehead atoms. The summed E-state index contributed by atoms with van der Waals surface area (Å²) >= 11 is 12.8. The maximum atomic E-state index is 16.2. The SMILES string of the molecule is C[C@H]1CN[C@H](CO)CN[C@@]2(Cc3ccc(Cl)cc3)CCCN(C[C@H](Cc3ccccc3)CCN1Cc1c(F)cc(Cl)cc1Oc1ccc(-c3cnc(CN(C)C)n3C)cc1)C2. The van der Waals surface area contributed by atoms with E-state index in [0.29, 0.717) is 42.6 Å². The molecule has 3 heterocycles. The summed E-state index contributed by atoms with van der Waals surface area (Å²) in [5.74, 6) is 1.94. The molecule has 3 N–H and O–H groups in total. The normalized spacial score (nSPS) is 23.2. The Morgan fingerprint density at radius 1 is 0.951 bits per heavy atom. The molecular formula is C49H62Cl2FN7O2. The van der Waals surface area contributed by atoms with Crippen LogP contribution in [0.25, 0.3) is 11.3 Å². The summed E-state index contributed by atoms with van der Waals surface area (Å²) in [4.78, 5) is 11.7. The lowest BCUT2D eigenvalue weighted by atomic mass is 9.82. The van der Waals surface area contributed by atoms with Gasteiger partial charge in [0.1, 0.15) is 23.1 Å². The van der Waals surface area contributed by atoms with Gasteiger partial charge in [-0.3, -0.25) is 4.90 Å². The van der Waals surface area contributed by atoms with E-state index in [4.69, 9.17) is 27.9 Å². The third kappa shape index (κ3) is 12.2. The van der Waals surface area contributed by atoms with Gasteiger partial charge in [0, 0.05) is 78.6 Å². The molecule has 2 fully saturated rings. The molecule has 7 rings (SSSR count). The Morgan fingerprint density at radius 3 is 2.46 bits per heavy atom. The van der Waals surface area contributed by atoms with Crippen LogP contribution in [-0.4, -0.2) is 107 Å². The summed E-state index contributed by atoms with van der Waals surface area (Å²) in [6.45, 7) is 8.15. The highest BCUT2D eigenvalue weighted by Crippen LogP contribution is 2.34. The van der Waals surface area contributed by atoms with E-state index >= 15 is 4.39 Å². The number of aliphatic hydroxyl groups excluding tert-OH is 1. The molecule has 1 aromatic heterocycles. The Bertz CT molecular complexity index is 2150. The van der Waals surface area contributed by atoms with Crippen LogP contribution in [0.4, 0.5) is 4.39 Å². The number of imidazole rings is 1. The monoisotopic (exact) mass is 869 g/mol. The van der Waals surface area contributed by atoms with Crippen LogP contribution < -0.4 is 15.4 Å². The summed E-state index contributed by atoms with van der Waals surface area (Å²) in [5.41, 5.74) is 4.92. The molecule has 0 saturated carbocycles. The van der Waals surface area contributed by atoms with Gasteiger partial charge in [-0.1, -0.05) is 65.7 Å². The van der Waals surface area contributed by atoms with E-state index in [1.165, 1.54) is 17.2 Å². The average Bonchev–Trinajstić information content (AvgIpc) is 3.59. The van der Waals surface area contributed by atoms with E-state index in [-0.39, 0.29) is 29.3 Å². The fraction of sp³-hybridized carbons (Fsp3) is 0.449. The Hall–Kier alpha value is -3.84. The Balaban J connectivity index is 1.14. The third-order valence-electron chi connectivity index (χ3n) is 12.5. The number of aromatic nitrogens is 2. The van der Waals surface area contributed by atoms with Crippen LogP contribution in [0, 0.1) is 11.7 Å². The third-order valence-corrected chi connectivity index (χ3v) is 13.0. The minimum absolute atomic E-state index is 0.0000418. The molecule has 326 valence electrons. The van der Waals surface area contributed by atoms with Crippen molar-refractivity contribution in [3.05, 3.63) is 136 Å². The van der Waals surface area contributed by atoms with Crippen molar-refractivity contribution in [1.29, 1.82) is 0 Å². The lowest BCUT2D eigenvalue weighted by Gasteiger charge is -2.46. The number of rotatable bonds is 12. The Morgan fingerprint density at radius 2 is 1.72 bits per heavy atom. The highest BCUT2D eigenvalue weighted by molar-refractivity contribution is 6.31. The topological polar surface area (TPSA) is 81.1 Å². The van der Waals surface area contributed by atoms with E-state index in [1.807, 2.05) is 63.7 Å². The first-order valence-corrected chi connectivity index (χ1v) is 22.5. The van der Waals surface area contributed by atoms with Gasteiger partial charge >= 0.3 is 0 Å². The molecule has 4 aromatic carbocycles. The van der Waals surface area contributed by atoms with Gasteiger partial charge in [0.05, 0.1) is 25.0 Å². The van der Waals surface area contributed by atoms with Crippen molar-refractivity contribution in [2.75, 3.05) is 60.0 Å². The molecular weight excluding hydrogens is 808 g/mol. The van der Waals surface area contributed by atoms with Crippen LogP contribution in [0.3, 0.4) is 0 Å². The minimum Gasteiger partial charge on any atom is -0.457 e. The van der Waals surface area contributed by atoms with Crippen molar-refractivity contribution in [3.8, 4) is 22.8 Å². The highest BCUT2D eigenvalue weighted by Gasteiger charge is 2.37. The van der Waals surface area contributed by atoms with Gasteiger partial charge < -0.3 is 34.8 Å². The van der Waals surface area contributed by atoms with Gasteiger partial charge in [-0.05, 0) is 132 Å². The van der Waals surface area contributed by atoms with Crippen LogP contribution in [0.1, 0.15) is 48.7 Å².